The first-order valence-electron chi connectivity index (χ1n) is 8.57. The van der Waals surface area contributed by atoms with Crippen LogP contribution in [0.15, 0.2) is 18.2 Å². The summed E-state index contributed by atoms with van der Waals surface area (Å²) in [5.74, 6) is -0.292. The second kappa shape index (κ2) is 6.51. The molecule has 1 aliphatic heterocycles. The molecule has 2 heterocycles. The summed E-state index contributed by atoms with van der Waals surface area (Å²) in [4.78, 5) is 14.4. The van der Waals surface area contributed by atoms with E-state index in [1.165, 1.54) is 4.90 Å². The topological polar surface area (TPSA) is 58.4 Å². The van der Waals surface area contributed by atoms with Crippen molar-refractivity contribution in [2.24, 2.45) is 0 Å². The van der Waals surface area contributed by atoms with E-state index in [9.17, 15) is 14.3 Å². The molecule has 26 heavy (non-hydrogen) atoms. The van der Waals surface area contributed by atoms with Crippen molar-refractivity contribution >= 4 is 29.1 Å². The molecule has 0 saturated carbocycles. The number of amides is 1. The number of aliphatic hydroxyl groups excluding tert-OH is 1. The van der Waals surface area contributed by atoms with Crippen LogP contribution in [0.2, 0.25) is 10.0 Å². The summed E-state index contributed by atoms with van der Waals surface area (Å²) in [6.45, 7) is -0.408. The van der Waals surface area contributed by atoms with E-state index in [2.05, 4.69) is 5.10 Å². The van der Waals surface area contributed by atoms with Gasteiger partial charge in [0.15, 0.2) is 11.4 Å². The van der Waals surface area contributed by atoms with Gasteiger partial charge in [-0.1, -0.05) is 23.2 Å². The van der Waals surface area contributed by atoms with Gasteiger partial charge < -0.3 is 10.0 Å². The molecule has 1 amide bonds. The van der Waals surface area contributed by atoms with Crippen LogP contribution in [0.4, 0.5) is 4.39 Å². The minimum absolute atomic E-state index is 0.105. The lowest BCUT2D eigenvalue weighted by Gasteiger charge is -2.18. The van der Waals surface area contributed by atoms with Crippen molar-refractivity contribution in [3.8, 4) is 5.69 Å². The number of carbonyl (C=O) groups is 1. The minimum atomic E-state index is -1.72. The maximum Gasteiger partial charge on any atom is 0.274 e. The van der Waals surface area contributed by atoms with E-state index < -0.39 is 12.3 Å². The fourth-order valence-electron chi connectivity index (χ4n) is 3.75. The Morgan fingerprint density at radius 2 is 2.15 bits per heavy atom. The Morgan fingerprint density at radius 1 is 1.35 bits per heavy atom. The largest absolute Gasteiger partial charge is 0.393 e. The fourth-order valence-corrected chi connectivity index (χ4v) is 4.24. The van der Waals surface area contributed by atoms with Crippen molar-refractivity contribution in [3.63, 3.8) is 0 Å². The highest BCUT2D eigenvalue weighted by atomic mass is 35.5. The van der Waals surface area contributed by atoms with E-state index in [0.29, 0.717) is 21.4 Å². The van der Waals surface area contributed by atoms with Crippen LogP contribution in [0.3, 0.4) is 0 Å². The highest BCUT2D eigenvalue weighted by Gasteiger charge is 2.41. The first kappa shape index (κ1) is 17.8. The van der Waals surface area contributed by atoms with Crippen molar-refractivity contribution in [1.82, 2.24) is 14.7 Å². The van der Waals surface area contributed by atoms with Gasteiger partial charge in [-0.3, -0.25) is 4.79 Å². The van der Waals surface area contributed by atoms with Crippen LogP contribution < -0.4 is 0 Å². The maximum absolute atomic E-state index is 14.3. The molecule has 2 aliphatic rings. The van der Waals surface area contributed by atoms with Crippen LogP contribution in [0, 0.1) is 0 Å². The number of aliphatic hydroxyl groups is 1. The molecule has 1 aromatic heterocycles. The van der Waals surface area contributed by atoms with Crippen LogP contribution in [-0.2, 0) is 12.8 Å². The number of alkyl halides is 1. The zero-order valence-corrected chi connectivity index (χ0v) is 15.5. The van der Waals surface area contributed by atoms with Crippen LogP contribution >= 0.6 is 23.2 Å². The predicted octanol–water partition coefficient (Wildman–Crippen LogP) is 3.21. The third-order valence-electron chi connectivity index (χ3n) is 5.15. The number of hydrogen-bond donors (Lipinski definition) is 1. The summed E-state index contributed by atoms with van der Waals surface area (Å²) in [5, 5.41) is 14.7. The number of carbonyl (C=O) groups excluding carboxylic acids is 1. The summed E-state index contributed by atoms with van der Waals surface area (Å²) < 4.78 is 16.0. The summed E-state index contributed by atoms with van der Waals surface area (Å²) in [7, 11) is 0. The number of likely N-dealkylation sites (tertiary alicyclic amines) is 1. The molecule has 8 heteroatoms. The van der Waals surface area contributed by atoms with Crippen molar-refractivity contribution in [2.75, 3.05) is 19.7 Å². The molecule has 1 fully saturated rings. The number of nitrogens with zero attached hydrogens (tertiary/aromatic N) is 3. The smallest absolute Gasteiger partial charge is 0.274 e. The van der Waals surface area contributed by atoms with Gasteiger partial charge in [-0.05, 0) is 37.5 Å². The Hall–Kier alpha value is -1.63. The molecule has 1 atom stereocenters. The van der Waals surface area contributed by atoms with Crippen molar-refractivity contribution in [1.29, 1.82) is 0 Å². The molecule has 4 rings (SSSR count). The SMILES string of the molecule is O=C(c1nn(-c2ccc(Cl)cc2Cl)c2c1CCC2)N1CCC(F)(CO)C1. The zero-order valence-electron chi connectivity index (χ0n) is 14.0. The lowest BCUT2D eigenvalue weighted by molar-refractivity contribution is 0.0626. The Balaban J connectivity index is 1.72. The zero-order chi connectivity index (χ0) is 18.5. The van der Waals surface area contributed by atoms with Crippen LogP contribution in [0.25, 0.3) is 5.69 Å². The Morgan fingerprint density at radius 3 is 2.85 bits per heavy atom. The van der Waals surface area contributed by atoms with E-state index in [0.717, 1.165) is 30.5 Å². The molecule has 2 aromatic rings. The lowest BCUT2D eigenvalue weighted by Crippen LogP contribution is -2.36. The molecule has 0 bridgehead atoms. The summed E-state index contributed by atoms with van der Waals surface area (Å²) >= 11 is 12.3. The lowest BCUT2D eigenvalue weighted by atomic mass is 10.1. The van der Waals surface area contributed by atoms with Gasteiger partial charge in [0.1, 0.15) is 0 Å². The number of aromatic nitrogens is 2. The Kier molecular flexibility index (Phi) is 4.45. The third-order valence-corrected chi connectivity index (χ3v) is 5.68. The molecular formula is C18H18Cl2FN3O2. The van der Waals surface area contributed by atoms with Gasteiger partial charge >= 0.3 is 0 Å². The highest BCUT2D eigenvalue weighted by molar-refractivity contribution is 6.35. The molecule has 1 aliphatic carbocycles. The normalized spacial score (nSPS) is 22.1. The molecule has 1 unspecified atom stereocenters. The second-order valence-electron chi connectivity index (χ2n) is 6.92. The minimum Gasteiger partial charge on any atom is -0.393 e. The van der Waals surface area contributed by atoms with E-state index in [-0.39, 0.29) is 25.4 Å². The third kappa shape index (κ3) is 2.90. The first-order valence-corrected chi connectivity index (χ1v) is 9.33. The first-order chi connectivity index (χ1) is 12.4. The number of rotatable bonds is 3. The summed E-state index contributed by atoms with van der Waals surface area (Å²) in [5.41, 5.74) is 1.17. The molecule has 0 radical (unpaired) electrons. The van der Waals surface area contributed by atoms with Crippen LogP contribution in [0.5, 0.6) is 0 Å². The summed E-state index contributed by atoms with van der Waals surface area (Å²) in [6, 6.07) is 5.15. The number of halogens is 3. The van der Waals surface area contributed by atoms with Gasteiger partial charge in [-0.2, -0.15) is 5.10 Å². The fraction of sp³-hybridized carbons (Fsp3) is 0.444. The van der Waals surface area contributed by atoms with Gasteiger partial charge in [0.05, 0.1) is 23.9 Å². The molecular weight excluding hydrogens is 380 g/mol. The number of benzene rings is 1. The maximum atomic E-state index is 14.3. The number of fused-ring (bicyclic) bond motifs is 1. The Labute approximate surface area is 160 Å². The Bertz CT molecular complexity index is 886. The van der Waals surface area contributed by atoms with E-state index in [4.69, 9.17) is 23.2 Å². The molecule has 0 spiro atoms. The van der Waals surface area contributed by atoms with Gasteiger partial charge in [0, 0.05) is 29.2 Å². The van der Waals surface area contributed by atoms with E-state index >= 15 is 0 Å². The predicted molar refractivity (Wildman–Crippen MR) is 97.1 cm³/mol. The molecule has 1 saturated heterocycles. The monoisotopic (exact) mass is 397 g/mol. The summed E-state index contributed by atoms with van der Waals surface area (Å²) in [6.07, 6.45) is 2.64. The average Bonchev–Trinajstić information content (AvgIpc) is 3.30. The average molecular weight is 398 g/mol. The standard InChI is InChI=1S/C18H18Cl2FN3O2/c19-11-4-5-15(13(20)8-11)24-14-3-1-2-12(14)16(22-24)17(26)23-7-6-18(21,9-23)10-25/h4-5,8,25H,1-3,6-7,9-10H2. The second-order valence-corrected chi connectivity index (χ2v) is 7.76. The van der Waals surface area contributed by atoms with Gasteiger partial charge in [-0.25, -0.2) is 9.07 Å². The molecule has 1 aromatic carbocycles. The highest BCUT2D eigenvalue weighted by Crippen LogP contribution is 2.33. The number of hydrogen-bond acceptors (Lipinski definition) is 3. The molecule has 5 nitrogen and oxygen atoms in total. The van der Waals surface area contributed by atoms with Crippen molar-refractivity contribution in [3.05, 3.63) is 45.2 Å². The van der Waals surface area contributed by atoms with E-state index in [1.807, 2.05) is 0 Å². The quantitative estimate of drug-likeness (QED) is 0.864. The van der Waals surface area contributed by atoms with Gasteiger partial charge in [0.2, 0.25) is 0 Å². The van der Waals surface area contributed by atoms with Crippen molar-refractivity contribution in [2.45, 2.75) is 31.4 Å². The van der Waals surface area contributed by atoms with E-state index in [1.54, 1.807) is 22.9 Å². The van der Waals surface area contributed by atoms with Crippen molar-refractivity contribution < 1.29 is 14.3 Å². The van der Waals surface area contributed by atoms with Gasteiger partial charge in [-0.15, -0.1) is 0 Å². The molecule has 1 N–H and O–H groups in total. The molecule has 138 valence electrons. The van der Waals surface area contributed by atoms with Crippen LogP contribution in [0.1, 0.15) is 34.6 Å². The van der Waals surface area contributed by atoms with Crippen LogP contribution in [-0.4, -0.2) is 51.1 Å². The van der Waals surface area contributed by atoms with Gasteiger partial charge in [0.25, 0.3) is 5.91 Å².